The first-order valence-electron chi connectivity index (χ1n) is 6.89. The number of benzene rings is 1. The number of urea groups is 1. The highest BCUT2D eigenvalue weighted by atomic mass is 32.1. The number of terminal acetylenes is 1. The standard InChI is InChI=1S/C16H17N3O3S/c1-3-13(11-4-6-12(22-2)7-5-11)14-10-23-16(18-14)19-15(21)17-8-9-20/h1,4-7,10,13,20H,8-9H2,2H3,(H2,17,18,19,21)/t13-/m0/s1. The van der Waals surface area contributed by atoms with Gasteiger partial charge in [0.05, 0.1) is 25.3 Å². The maximum atomic E-state index is 11.5. The average molecular weight is 331 g/mol. The van der Waals surface area contributed by atoms with E-state index in [0.29, 0.717) is 10.8 Å². The Bertz CT molecular complexity index is 691. The van der Waals surface area contributed by atoms with Crippen molar-refractivity contribution in [3.8, 4) is 18.1 Å². The molecule has 6 nitrogen and oxygen atoms in total. The summed E-state index contributed by atoms with van der Waals surface area (Å²) in [7, 11) is 1.61. The number of hydrogen-bond donors (Lipinski definition) is 3. The van der Waals surface area contributed by atoms with Gasteiger partial charge in [-0.1, -0.05) is 18.1 Å². The van der Waals surface area contributed by atoms with Crippen LogP contribution in [0.5, 0.6) is 5.75 Å². The lowest BCUT2D eigenvalue weighted by Crippen LogP contribution is -2.30. The number of amides is 2. The Morgan fingerprint density at radius 1 is 1.48 bits per heavy atom. The number of carbonyl (C=O) groups is 1. The molecule has 0 fully saturated rings. The van der Waals surface area contributed by atoms with E-state index >= 15 is 0 Å². The summed E-state index contributed by atoms with van der Waals surface area (Å²) in [6.45, 7) is 0.0655. The van der Waals surface area contributed by atoms with Crippen molar-refractivity contribution in [2.45, 2.75) is 5.92 Å². The number of aliphatic hydroxyl groups excluding tert-OH is 1. The highest BCUT2D eigenvalue weighted by Crippen LogP contribution is 2.28. The van der Waals surface area contributed by atoms with Gasteiger partial charge in [0.25, 0.3) is 0 Å². The molecule has 1 atom stereocenters. The van der Waals surface area contributed by atoms with Crippen molar-refractivity contribution in [3.63, 3.8) is 0 Å². The second-order valence-corrected chi connectivity index (χ2v) is 5.41. The number of nitrogens with one attached hydrogen (secondary N) is 2. The minimum Gasteiger partial charge on any atom is -0.497 e. The van der Waals surface area contributed by atoms with Gasteiger partial charge in [-0.3, -0.25) is 5.32 Å². The smallest absolute Gasteiger partial charge is 0.321 e. The van der Waals surface area contributed by atoms with Crippen LogP contribution in [0.2, 0.25) is 0 Å². The fourth-order valence-corrected chi connectivity index (χ4v) is 2.67. The number of aromatic nitrogens is 1. The molecular formula is C16H17N3O3S. The molecule has 0 radical (unpaired) electrons. The Balaban J connectivity index is 2.10. The summed E-state index contributed by atoms with van der Waals surface area (Å²) in [6.07, 6.45) is 5.64. The Hall–Kier alpha value is -2.56. The van der Waals surface area contributed by atoms with Gasteiger partial charge in [0.2, 0.25) is 0 Å². The number of ether oxygens (including phenoxy) is 1. The van der Waals surface area contributed by atoms with Gasteiger partial charge in [0, 0.05) is 11.9 Å². The van der Waals surface area contributed by atoms with Crippen LogP contribution in [0, 0.1) is 12.3 Å². The molecule has 0 saturated carbocycles. The van der Waals surface area contributed by atoms with E-state index in [-0.39, 0.29) is 19.1 Å². The van der Waals surface area contributed by atoms with Crippen molar-refractivity contribution in [2.24, 2.45) is 0 Å². The maximum Gasteiger partial charge on any atom is 0.321 e. The number of carbonyl (C=O) groups excluding carboxylic acids is 1. The lowest BCUT2D eigenvalue weighted by atomic mass is 9.97. The fourth-order valence-electron chi connectivity index (χ4n) is 1.94. The Morgan fingerprint density at radius 3 is 2.83 bits per heavy atom. The number of rotatable bonds is 6. The number of aliphatic hydroxyl groups is 1. The Kier molecular flexibility index (Phi) is 5.97. The molecule has 0 saturated heterocycles. The van der Waals surface area contributed by atoms with E-state index < -0.39 is 6.03 Å². The molecule has 23 heavy (non-hydrogen) atoms. The SMILES string of the molecule is C#C[C@@H](c1ccc(OC)cc1)c1csc(NC(=O)NCCO)n1. The van der Waals surface area contributed by atoms with Crippen LogP contribution in [0.15, 0.2) is 29.6 Å². The third-order valence-electron chi connectivity index (χ3n) is 3.05. The van der Waals surface area contributed by atoms with E-state index in [0.717, 1.165) is 11.3 Å². The highest BCUT2D eigenvalue weighted by Gasteiger charge is 2.16. The van der Waals surface area contributed by atoms with Crippen LogP contribution in [0.4, 0.5) is 9.93 Å². The molecule has 0 bridgehead atoms. The summed E-state index contributed by atoms with van der Waals surface area (Å²) in [5, 5.41) is 16.0. The summed E-state index contributed by atoms with van der Waals surface area (Å²) >= 11 is 1.29. The quantitative estimate of drug-likeness (QED) is 0.707. The van der Waals surface area contributed by atoms with Gasteiger partial charge < -0.3 is 15.2 Å². The summed E-state index contributed by atoms with van der Waals surface area (Å²) in [5.74, 6) is 3.17. The Labute approximate surface area is 138 Å². The minimum absolute atomic E-state index is 0.118. The topological polar surface area (TPSA) is 83.5 Å². The molecule has 2 rings (SSSR count). The summed E-state index contributed by atoms with van der Waals surface area (Å²) in [6, 6.07) is 7.05. The van der Waals surface area contributed by atoms with Crippen LogP contribution < -0.4 is 15.4 Å². The van der Waals surface area contributed by atoms with Crippen molar-refractivity contribution in [1.82, 2.24) is 10.3 Å². The van der Waals surface area contributed by atoms with Crippen molar-refractivity contribution in [3.05, 3.63) is 40.9 Å². The van der Waals surface area contributed by atoms with Crippen LogP contribution in [0.3, 0.4) is 0 Å². The maximum absolute atomic E-state index is 11.5. The van der Waals surface area contributed by atoms with Crippen molar-refractivity contribution < 1.29 is 14.6 Å². The predicted molar refractivity (Wildman–Crippen MR) is 89.9 cm³/mol. The van der Waals surface area contributed by atoms with Crippen LogP contribution >= 0.6 is 11.3 Å². The van der Waals surface area contributed by atoms with E-state index in [2.05, 4.69) is 21.5 Å². The van der Waals surface area contributed by atoms with Crippen molar-refractivity contribution >= 4 is 22.5 Å². The van der Waals surface area contributed by atoms with Crippen LogP contribution in [0.1, 0.15) is 17.2 Å². The Morgan fingerprint density at radius 2 is 2.22 bits per heavy atom. The normalized spacial score (nSPS) is 11.3. The molecule has 7 heteroatoms. The molecule has 1 aromatic carbocycles. The first-order chi connectivity index (χ1) is 11.2. The van der Waals surface area contributed by atoms with Crippen molar-refractivity contribution in [2.75, 3.05) is 25.6 Å². The number of anilines is 1. The van der Waals surface area contributed by atoms with Gasteiger partial charge in [0.1, 0.15) is 5.75 Å². The predicted octanol–water partition coefficient (Wildman–Crippen LogP) is 2.03. The number of nitrogens with zero attached hydrogens (tertiary/aromatic N) is 1. The zero-order chi connectivity index (χ0) is 16.7. The molecule has 3 N–H and O–H groups in total. The van der Waals surface area contributed by atoms with Gasteiger partial charge in [-0.2, -0.15) is 0 Å². The van der Waals surface area contributed by atoms with E-state index in [1.807, 2.05) is 29.6 Å². The van der Waals surface area contributed by atoms with E-state index in [1.54, 1.807) is 7.11 Å². The molecule has 1 aromatic heterocycles. The molecule has 0 unspecified atom stereocenters. The lowest BCUT2D eigenvalue weighted by molar-refractivity contribution is 0.245. The number of hydrogen-bond acceptors (Lipinski definition) is 5. The molecule has 1 heterocycles. The zero-order valence-electron chi connectivity index (χ0n) is 12.6. The molecule has 2 amide bonds. The molecular weight excluding hydrogens is 314 g/mol. The molecule has 0 aliphatic heterocycles. The van der Waals surface area contributed by atoms with E-state index in [1.165, 1.54) is 11.3 Å². The van der Waals surface area contributed by atoms with Gasteiger partial charge in [-0.15, -0.1) is 17.8 Å². The van der Waals surface area contributed by atoms with Crippen LogP contribution in [-0.4, -0.2) is 36.4 Å². The van der Waals surface area contributed by atoms with Gasteiger partial charge in [0.15, 0.2) is 5.13 Å². The number of methoxy groups -OCH3 is 1. The monoisotopic (exact) mass is 331 g/mol. The molecule has 0 aliphatic rings. The second kappa shape index (κ2) is 8.17. The van der Waals surface area contributed by atoms with Crippen LogP contribution in [0.25, 0.3) is 0 Å². The largest absolute Gasteiger partial charge is 0.497 e. The van der Waals surface area contributed by atoms with Gasteiger partial charge >= 0.3 is 6.03 Å². The number of thiazole rings is 1. The highest BCUT2D eigenvalue weighted by molar-refractivity contribution is 7.13. The molecule has 0 aliphatic carbocycles. The lowest BCUT2D eigenvalue weighted by Gasteiger charge is -2.09. The average Bonchev–Trinajstić information content (AvgIpc) is 3.02. The zero-order valence-corrected chi connectivity index (χ0v) is 13.4. The van der Waals surface area contributed by atoms with E-state index in [9.17, 15) is 4.79 Å². The third kappa shape index (κ3) is 4.45. The first-order valence-corrected chi connectivity index (χ1v) is 7.77. The minimum atomic E-state index is -0.415. The summed E-state index contributed by atoms with van der Waals surface area (Å²) in [5.41, 5.74) is 1.62. The third-order valence-corrected chi connectivity index (χ3v) is 3.83. The van der Waals surface area contributed by atoms with Crippen molar-refractivity contribution in [1.29, 1.82) is 0 Å². The molecule has 120 valence electrons. The van der Waals surface area contributed by atoms with Crippen LogP contribution in [-0.2, 0) is 0 Å². The first kappa shape index (κ1) is 16.8. The fraction of sp³-hybridized carbons (Fsp3) is 0.250. The van der Waals surface area contributed by atoms with Gasteiger partial charge in [-0.05, 0) is 17.7 Å². The summed E-state index contributed by atoms with van der Waals surface area (Å²) in [4.78, 5) is 15.9. The van der Waals surface area contributed by atoms with E-state index in [4.69, 9.17) is 16.3 Å². The summed E-state index contributed by atoms with van der Waals surface area (Å²) < 4.78 is 5.13. The second-order valence-electron chi connectivity index (χ2n) is 4.55. The molecule has 0 spiro atoms. The molecule has 2 aromatic rings. The van der Waals surface area contributed by atoms with Gasteiger partial charge in [-0.25, -0.2) is 9.78 Å².